The van der Waals surface area contributed by atoms with Crippen molar-refractivity contribution in [1.82, 2.24) is 20.0 Å². The Morgan fingerprint density at radius 3 is 3.05 bits per heavy atom. The molecule has 0 radical (unpaired) electrons. The van der Waals surface area contributed by atoms with Gasteiger partial charge in [-0.3, -0.25) is 4.79 Å². The first kappa shape index (κ1) is 14.0. The van der Waals surface area contributed by atoms with Gasteiger partial charge in [-0.2, -0.15) is 5.26 Å². The van der Waals surface area contributed by atoms with Gasteiger partial charge >= 0.3 is 0 Å². The number of rotatable bonds is 3. The Morgan fingerprint density at radius 1 is 1.50 bits per heavy atom. The fraction of sp³-hybridized carbons (Fsp3) is 0.357. The number of nitriles is 1. The zero-order valence-electron chi connectivity index (χ0n) is 11.9. The minimum absolute atomic E-state index is 0.135. The molecule has 1 aliphatic rings. The van der Waals surface area contributed by atoms with Crippen molar-refractivity contribution in [2.75, 3.05) is 13.1 Å². The summed E-state index contributed by atoms with van der Waals surface area (Å²) in [6.45, 7) is 2.68. The molecule has 0 aliphatic carbocycles. The van der Waals surface area contributed by atoms with Gasteiger partial charge < -0.3 is 14.2 Å². The Hall–Kier alpha value is -2.95. The van der Waals surface area contributed by atoms with Gasteiger partial charge in [-0.25, -0.2) is 9.97 Å². The number of nitrogens with zero attached hydrogens (tertiary/aromatic N) is 5. The molecule has 22 heavy (non-hydrogen) atoms. The molecule has 3 heterocycles. The lowest BCUT2D eigenvalue weighted by Crippen LogP contribution is -2.31. The van der Waals surface area contributed by atoms with E-state index >= 15 is 0 Å². The Balaban J connectivity index is 1.67. The summed E-state index contributed by atoms with van der Waals surface area (Å²) < 4.78 is 10.6. The van der Waals surface area contributed by atoms with Crippen molar-refractivity contribution in [3.63, 3.8) is 0 Å². The number of aromatic nitrogens is 3. The number of carbonyl (C=O) groups excluding carboxylic acids is 1. The molecule has 0 N–H and O–H groups in total. The van der Waals surface area contributed by atoms with Crippen LogP contribution in [0.3, 0.4) is 0 Å². The van der Waals surface area contributed by atoms with Crippen LogP contribution in [0, 0.1) is 18.3 Å². The quantitative estimate of drug-likeness (QED) is 0.830. The molecular formula is C14H13N5O3. The molecule has 112 valence electrons. The molecule has 0 saturated carbocycles. The van der Waals surface area contributed by atoms with Crippen LogP contribution in [0.4, 0.5) is 0 Å². The molecule has 8 heteroatoms. The van der Waals surface area contributed by atoms with E-state index in [1.54, 1.807) is 11.8 Å². The van der Waals surface area contributed by atoms with Crippen LogP contribution in [-0.4, -0.2) is 45.1 Å². The Labute approximate surface area is 126 Å². The van der Waals surface area contributed by atoms with Gasteiger partial charge in [0.15, 0.2) is 0 Å². The van der Waals surface area contributed by atoms with Crippen molar-refractivity contribution in [1.29, 1.82) is 5.26 Å². The highest BCUT2D eigenvalue weighted by Gasteiger charge is 2.30. The highest BCUT2D eigenvalue weighted by Crippen LogP contribution is 2.20. The van der Waals surface area contributed by atoms with Crippen molar-refractivity contribution >= 4 is 5.91 Å². The zero-order valence-corrected chi connectivity index (χ0v) is 11.9. The SMILES string of the molecule is Cc1oncc1C(=O)N1CC[C@H](Oc2nccnc2C#N)C1. The fourth-order valence-electron chi connectivity index (χ4n) is 2.33. The van der Waals surface area contributed by atoms with E-state index in [0.717, 1.165) is 0 Å². The third-order valence-electron chi connectivity index (χ3n) is 3.46. The lowest BCUT2D eigenvalue weighted by atomic mass is 10.2. The van der Waals surface area contributed by atoms with Gasteiger partial charge in [0.05, 0.1) is 12.7 Å². The fourth-order valence-corrected chi connectivity index (χ4v) is 2.33. The van der Waals surface area contributed by atoms with Gasteiger partial charge in [-0.1, -0.05) is 5.16 Å². The maximum atomic E-state index is 12.3. The number of aryl methyl sites for hydroxylation is 1. The molecule has 1 saturated heterocycles. The smallest absolute Gasteiger partial charge is 0.259 e. The van der Waals surface area contributed by atoms with E-state index in [1.165, 1.54) is 18.6 Å². The van der Waals surface area contributed by atoms with Crippen LogP contribution in [0.5, 0.6) is 5.88 Å². The van der Waals surface area contributed by atoms with E-state index in [9.17, 15) is 4.79 Å². The summed E-state index contributed by atoms with van der Waals surface area (Å²) in [4.78, 5) is 21.9. The van der Waals surface area contributed by atoms with Gasteiger partial charge in [-0.15, -0.1) is 0 Å². The summed E-state index contributed by atoms with van der Waals surface area (Å²) in [5.74, 6) is 0.560. The maximum absolute atomic E-state index is 12.3. The topological polar surface area (TPSA) is 105 Å². The molecule has 0 spiro atoms. The number of hydrogen-bond donors (Lipinski definition) is 0. The molecule has 1 atom stereocenters. The lowest BCUT2D eigenvalue weighted by Gasteiger charge is -2.16. The molecule has 0 aromatic carbocycles. The molecule has 2 aromatic rings. The Morgan fingerprint density at radius 2 is 2.32 bits per heavy atom. The van der Waals surface area contributed by atoms with Gasteiger partial charge in [0.1, 0.15) is 23.5 Å². The third kappa shape index (κ3) is 2.61. The van der Waals surface area contributed by atoms with E-state index in [2.05, 4.69) is 15.1 Å². The molecule has 2 aromatic heterocycles. The van der Waals surface area contributed by atoms with Gasteiger partial charge in [-0.05, 0) is 6.92 Å². The lowest BCUT2D eigenvalue weighted by molar-refractivity contribution is 0.0769. The van der Waals surface area contributed by atoms with E-state index in [-0.39, 0.29) is 23.6 Å². The molecule has 0 unspecified atom stereocenters. The second-order valence-electron chi connectivity index (χ2n) is 4.90. The van der Waals surface area contributed by atoms with Crippen LogP contribution in [0.1, 0.15) is 28.2 Å². The largest absolute Gasteiger partial charge is 0.470 e. The van der Waals surface area contributed by atoms with Crippen LogP contribution >= 0.6 is 0 Å². The second-order valence-corrected chi connectivity index (χ2v) is 4.90. The predicted octanol–water partition coefficient (Wildman–Crippen LogP) is 0.938. The summed E-state index contributed by atoms with van der Waals surface area (Å²) in [6.07, 6.45) is 4.77. The minimum Gasteiger partial charge on any atom is -0.470 e. The predicted molar refractivity (Wildman–Crippen MR) is 72.9 cm³/mol. The van der Waals surface area contributed by atoms with E-state index in [4.69, 9.17) is 14.5 Å². The molecule has 1 aliphatic heterocycles. The molecule has 8 nitrogen and oxygen atoms in total. The minimum atomic E-state index is -0.215. The molecule has 0 bridgehead atoms. The Kier molecular flexibility index (Phi) is 3.70. The zero-order chi connectivity index (χ0) is 15.5. The molecule has 3 rings (SSSR count). The van der Waals surface area contributed by atoms with Crippen LogP contribution in [0.15, 0.2) is 23.1 Å². The maximum Gasteiger partial charge on any atom is 0.259 e. The monoisotopic (exact) mass is 299 g/mol. The van der Waals surface area contributed by atoms with Crippen molar-refractivity contribution in [3.8, 4) is 11.9 Å². The molecule has 1 amide bonds. The summed E-state index contributed by atoms with van der Waals surface area (Å²) in [5.41, 5.74) is 0.597. The third-order valence-corrected chi connectivity index (χ3v) is 3.46. The average molecular weight is 299 g/mol. The van der Waals surface area contributed by atoms with Crippen molar-refractivity contribution < 1.29 is 14.1 Å². The normalized spacial score (nSPS) is 17.3. The number of ether oxygens (including phenoxy) is 1. The number of likely N-dealkylation sites (tertiary alicyclic amines) is 1. The summed E-state index contributed by atoms with van der Waals surface area (Å²) in [6, 6.07) is 1.93. The van der Waals surface area contributed by atoms with Crippen LogP contribution in [-0.2, 0) is 0 Å². The van der Waals surface area contributed by atoms with E-state index < -0.39 is 0 Å². The summed E-state index contributed by atoms with van der Waals surface area (Å²) in [7, 11) is 0. The van der Waals surface area contributed by atoms with E-state index in [0.29, 0.717) is 30.8 Å². The van der Waals surface area contributed by atoms with Gasteiger partial charge in [0.25, 0.3) is 11.8 Å². The number of amides is 1. The second kappa shape index (κ2) is 5.81. The first-order valence-corrected chi connectivity index (χ1v) is 6.77. The van der Waals surface area contributed by atoms with Crippen LogP contribution in [0.2, 0.25) is 0 Å². The van der Waals surface area contributed by atoms with Gasteiger partial charge in [0, 0.05) is 25.4 Å². The van der Waals surface area contributed by atoms with Crippen molar-refractivity contribution in [3.05, 3.63) is 35.6 Å². The highest BCUT2D eigenvalue weighted by atomic mass is 16.5. The Bertz CT molecular complexity index is 736. The van der Waals surface area contributed by atoms with Crippen LogP contribution in [0.25, 0.3) is 0 Å². The van der Waals surface area contributed by atoms with E-state index in [1.807, 2.05) is 6.07 Å². The average Bonchev–Trinajstić information content (AvgIpc) is 3.16. The highest BCUT2D eigenvalue weighted by molar-refractivity contribution is 5.94. The number of carbonyl (C=O) groups is 1. The van der Waals surface area contributed by atoms with Gasteiger partial charge in [0.2, 0.25) is 5.69 Å². The standard InChI is InChI=1S/C14H13N5O3/c1-9-11(7-18-22-9)14(20)19-5-2-10(8-19)21-13-12(6-15)16-3-4-17-13/h3-4,7,10H,2,5,8H2,1H3/t10-/m0/s1. The number of hydrogen-bond acceptors (Lipinski definition) is 7. The molecular weight excluding hydrogens is 286 g/mol. The first-order valence-electron chi connectivity index (χ1n) is 6.77. The van der Waals surface area contributed by atoms with Crippen LogP contribution < -0.4 is 4.74 Å². The first-order chi connectivity index (χ1) is 10.7. The summed E-state index contributed by atoms with van der Waals surface area (Å²) in [5, 5.41) is 12.6. The molecule has 1 fully saturated rings. The summed E-state index contributed by atoms with van der Waals surface area (Å²) >= 11 is 0. The van der Waals surface area contributed by atoms with Crippen molar-refractivity contribution in [2.24, 2.45) is 0 Å². The van der Waals surface area contributed by atoms with Crippen molar-refractivity contribution in [2.45, 2.75) is 19.4 Å².